The lowest BCUT2D eigenvalue weighted by Gasteiger charge is -2.36. The Morgan fingerprint density at radius 2 is 2.00 bits per heavy atom. The van der Waals surface area contributed by atoms with Gasteiger partial charge in [0, 0.05) is 43.0 Å². The van der Waals surface area contributed by atoms with Gasteiger partial charge in [0.05, 0.1) is 16.8 Å². The summed E-state index contributed by atoms with van der Waals surface area (Å²) in [6, 6.07) is -0.157. The van der Waals surface area contributed by atoms with Crippen molar-refractivity contribution in [2.24, 2.45) is 5.92 Å². The van der Waals surface area contributed by atoms with Crippen molar-refractivity contribution < 1.29 is 24.2 Å². The Labute approximate surface area is 198 Å². The van der Waals surface area contributed by atoms with Crippen LogP contribution in [0.4, 0.5) is 21.0 Å². The number of aromatic nitrogens is 2. The minimum Gasteiger partial charge on any atom is -0.464 e. The van der Waals surface area contributed by atoms with Crippen molar-refractivity contribution in [1.29, 1.82) is 0 Å². The molecule has 182 valence electrons. The summed E-state index contributed by atoms with van der Waals surface area (Å²) in [6.07, 6.45) is 6.24. The van der Waals surface area contributed by atoms with Crippen molar-refractivity contribution in [2.75, 3.05) is 23.3 Å². The molecule has 0 bridgehead atoms. The molecule has 10 heteroatoms. The number of ether oxygens (including phenoxy) is 1. The number of nitrogens with zero attached hydrogens (tertiary/aromatic N) is 3. The third-order valence-corrected chi connectivity index (χ3v) is 5.91. The van der Waals surface area contributed by atoms with Gasteiger partial charge >= 0.3 is 12.2 Å². The van der Waals surface area contributed by atoms with E-state index in [1.165, 1.54) is 6.20 Å². The molecule has 1 aliphatic heterocycles. The molecule has 3 N–H and O–H groups in total. The fraction of sp³-hybridized carbons (Fsp3) is 0.500. The zero-order valence-electron chi connectivity index (χ0n) is 19.8. The summed E-state index contributed by atoms with van der Waals surface area (Å²) in [5.74, 6) is -0.165. The third-order valence-electron chi connectivity index (χ3n) is 5.91. The summed E-state index contributed by atoms with van der Waals surface area (Å²) >= 11 is 0. The van der Waals surface area contributed by atoms with Gasteiger partial charge in [-0.05, 0) is 46.5 Å². The Kier molecular flexibility index (Phi) is 6.24. The van der Waals surface area contributed by atoms with Crippen LogP contribution in [0.15, 0.2) is 19.0 Å². The van der Waals surface area contributed by atoms with Crippen molar-refractivity contribution in [2.45, 2.75) is 58.1 Å². The zero-order valence-corrected chi connectivity index (χ0v) is 19.8. The van der Waals surface area contributed by atoms with E-state index < -0.39 is 17.8 Å². The van der Waals surface area contributed by atoms with Gasteiger partial charge in [-0.25, -0.2) is 19.1 Å². The van der Waals surface area contributed by atoms with Gasteiger partial charge in [-0.1, -0.05) is 12.7 Å². The highest BCUT2D eigenvalue weighted by molar-refractivity contribution is 6.11. The number of alkyl carbamates (subject to hydrolysis) is 1. The lowest BCUT2D eigenvalue weighted by Crippen LogP contribution is -2.49. The average molecular weight is 470 g/mol. The molecule has 3 heterocycles. The molecule has 2 fully saturated rings. The van der Waals surface area contributed by atoms with Crippen LogP contribution in [0, 0.1) is 5.92 Å². The summed E-state index contributed by atoms with van der Waals surface area (Å²) in [7, 11) is 0. The van der Waals surface area contributed by atoms with Gasteiger partial charge in [-0.2, -0.15) is 0 Å². The van der Waals surface area contributed by atoms with Crippen molar-refractivity contribution in [1.82, 2.24) is 14.9 Å². The van der Waals surface area contributed by atoms with E-state index in [9.17, 15) is 19.5 Å². The van der Waals surface area contributed by atoms with E-state index in [1.54, 1.807) is 12.3 Å². The molecule has 1 saturated carbocycles. The van der Waals surface area contributed by atoms with E-state index >= 15 is 0 Å². The number of carbonyl (C=O) groups excluding carboxylic acids is 2. The Bertz CT molecular complexity index is 1140. The second kappa shape index (κ2) is 9.00. The second-order valence-corrected chi connectivity index (χ2v) is 9.86. The van der Waals surface area contributed by atoms with Crippen LogP contribution in [-0.2, 0) is 9.53 Å². The second-order valence-electron chi connectivity index (χ2n) is 9.86. The summed E-state index contributed by atoms with van der Waals surface area (Å²) in [5.41, 5.74) is 1.50. The lowest BCUT2D eigenvalue weighted by atomic mass is 10.0. The van der Waals surface area contributed by atoms with Crippen LogP contribution >= 0.6 is 0 Å². The van der Waals surface area contributed by atoms with Gasteiger partial charge in [0.25, 0.3) is 0 Å². The molecule has 1 atom stereocenters. The highest BCUT2D eigenvalue weighted by atomic mass is 16.6. The maximum atomic E-state index is 12.5. The average Bonchev–Trinajstić information content (AvgIpc) is 3.54. The first kappa shape index (κ1) is 23.6. The molecule has 1 aliphatic carbocycles. The van der Waals surface area contributed by atoms with Crippen molar-refractivity contribution in [3.63, 3.8) is 0 Å². The van der Waals surface area contributed by atoms with E-state index in [0.717, 1.165) is 41.5 Å². The minimum atomic E-state index is -1.19. The number of amides is 2. The van der Waals surface area contributed by atoms with Gasteiger partial charge in [0.15, 0.2) is 5.65 Å². The Balaban J connectivity index is 1.71. The fourth-order valence-electron chi connectivity index (χ4n) is 4.28. The molecule has 1 saturated heterocycles. The number of nitrogens with one attached hydrogen (secondary N) is 2. The van der Waals surface area contributed by atoms with Gasteiger partial charge < -0.3 is 25.4 Å². The molecule has 2 aromatic rings. The monoisotopic (exact) mass is 469 g/mol. The van der Waals surface area contributed by atoms with E-state index in [-0.39, 0.29) is 23.5 Å². The Morgan fingerprint density at radius 1 is 1.26 bits per heavy atom. The Hall–Kier alpha value is -3.56. The number of piperidine rings is 1. The van der Waals surface area contributed by atoms with Crippen molar-refractivity contribution in [3.05, 3.63) is 24.5 Å². The molecule has 1 unspecified atom stereocenters. The number of carboxylic acid groups (broad SMARTS) is 1. The smallest absolute Gasteiger partial charge is 0.417 e. The maximum absolute atomic E-state index is 12.5. The van der Waals surface area contributed by atoms with Crippen LogP contribution in [0.2, 0.25) is 0 Å². The quantitative estimate of drug-likeness (QED) is 0.603. The number of pyridine rings is 1. The summed E-state index contributed by atoms with van der Waals surface area (Å²) in [6.45, 7) is 10.5. The molecule has 2 aromatic heterocycles. The summed E-state index contributed by atoms with van der Waals surface area (Å²) in [5, 5.41) is 16.1. The number of anilines is 2. The summed E-state index contributed by atoms with van der Waals surface area (Å²) in [4.78, 5) is 43.2. The molecule has 2 amide bonds. The highest BCUT2D eigenvalue weighted by Gasteiger charge is 2.32. The number of carbonyl (C=O) groups is 3. The van der Waals surface area contributed by atoms with E-state index in [2.05, 4.69) is 27.1 Å². The summed E-state index contributed by atoms with van der Waals surface area (Å²) < 4.78 is 6.43. The van der Waals surface area contributed by atoms with Crippen LogP contribution < -0.4 is 15.5 Å². The van der Waals surface area contributed by atoms with Crippen LogP contribution in [-0.4, -0.2) is 57.5 Å². The van der Waals surface area contributed by atoms with E-state index in [4.69, 9.17) is 4.74 Å². The highest BCUT2D eigenvalue weighted by Crippen LogP contribution is 2.39. The lowest BCUT2D eigenvalue weighted by molar-refractivity contribution is -0.117. The van der Waals surface area contributed by atoms with Gasteiger partial charge in [0.1, 0.15) is 5.60 Å². The number of rotatable bonds is 5. The first-order valence-corrected chi connectivity index (χ1v) is 11.5. The SMILES string of the molecule is C=Cc1cnc2c(c(NC(=O)C3CC3)cn2C(=O)O)c1N1CCCC(NC(=O)OC(C)(C)C)C1. The standard InChI is InChI=1S/C24H31N5O5/c1-5-14-11-25-20-18(17(13-29(20)23(32)33)27-21(30)15-8-9-15)19(14)28-10-6-7-16(12-28)26-22(31)34-24(2,3)4/h5,11,13,15-16H,1,6-10,12H2,2-4H3,(H,26,31)(H,27,30)(H,32,33). The van der Waals surface area contributed by atoms with Gasteiger partial charge in [-0.15, -0.1) is 0 Å². The van der Waals surface area contributed by atoms with E-state index in [1.807, 2.05) is 20.8 Å². The predicted molar refractivity (Wildman–Crippen MR) is 129 cm³/mol. The number of hydrogen-bond acceptors (Lipinski definition) is 6. The molecule has 2 aliphatic rings. The van der Waals surface area contributed by atoms with Gasteiger partial charge in [0.2, 0.25) is 5.91 Å². The normalized spacial score (nSPS) is 18.4. The molecule has 0 spiro atoms. The van der Waals surface area contributed by atoms with Crippen LogP contribution in [0.3, 0.4) is 0 Å². The first-order valence-electron chi connectivity index (χ1n) is 11.5. The molecule has 10 nitrogen and oxygen atoms in total. The van der Waals surface area contributed by atoms with Crippen molar-refractivity contribution in [3.8, 4) is 0 Å². The molecule has 34 heavy (non-hydrogen) atoms. The van der Waals surface area contributed by atoms with Crippen LogP contribution in [0.25, 0.3) is 17.1 Å². The fourth-order valence-corrected chi connectivity index (χ4v) is 4.28. The van der Waals surface area contributed by atoms with Crippen molar-refractivity contribution >= 4 is 46.6 Å². The predicted octanol–water partition coefficient (Wildman–Crippen LogP) is 4.05. The molecule has 4 rings (SSSR count). The topological polar surface area (TPSA) is 126 Å². The molecular weight excluding hydrogens is 438 g/mol. The third kappa shape index (κ3) is 5.00. The maximum Gasteiger partial charge on any atom is 0.417 e. The molecule has 0 radical (unpaired) electrons. The number of fused-ring (bicyclic) bond motifs is 1. The first-order chi connectivity index (χ1) is 16.1. The minimum absolute atomic E-state index is 0.0420. The van der Waals surface area contributed by atoms with Crippen LogP contribution in [0.5, 0.6) is 0 Å². The largest absolute Gasteiger partial charge is 0.464 e. The van der Waals surface area contributed by atoms with Crippen LogP contribution in [0.1, 0.15) is 52.0 Å². The zero-order chi connectivity index (χ0) is 24.6. The van der Waals surface area contributed by atoms with Gasteiger partial charge in [-0.3, -0.25) is 4.79 Å². The van der Waals surface area contributed by atoms with E-state index in [0.29, 0.717) is 24.2 Å². The molecule has 0 aromatic carbocycles. The molecular formula is C24H31N5O5. The Morgan fingerprint density at radius 3 is 2.62 bits per heavy atom. The number of hydrogen-bond donors (Lipinski definition) is 3.